The quantitative estimate of drug-likeness (QED) is 0.481. The number of nitrogens with zero attached hydrogens (tertiary/aromatic N) is 1. The van der Waals surface area contributed by atoms with E-state index in [4.69, 9.17) is 18.9 Å². The number of epoxide rings is 3. The van der Waals surface area contributed by atoms with Crippen LogP contribution in [0.15, 0.2) is 24.3 Å². The fourth-order valence-corrected chi connectivity index (χ4v) is 2.57. The van der Waals surface area contributed by atoms with Crippen molar-refractivity contribution in [2.24, 2.45) is 0 Å². The lowest BCUT2D eigenvalue weighted by Gasteiger charge is -2.23. The molecule has 5 heteroatoms. The van der Waals surface area contributed by atoms with Gasteiger partial charge in [-0.3, -0.25) is 0 Å². The zero-order chi connectivity index (χ0) is 14.8. The Morgan fingerprint density at radius 2 is 1.50 bits per heavy atom. The monoisotopic (exact) mass is 305 g/mol. The predicted octanol–water partition coefficient (Wildman–Crippen LogP) is 1.25. The number of hydrogen-bond acceptors (Lipinski definition) is 5. The van der Waals surface area contributed by atoms with E-state index in [1.165, 1.54) is 11.3 Å². The van der Waals surface area contributed by atoms with Gasteiger partial charge in [0.05, 0.1) is 45.2 Å². The molecule has 0 amide bonds. The molecule has 3 aliphatic heterocycles. The van der Waals surface area contributed by atoms with E-state index in [0.29, 0.717) is 18.3 Å². The normalized spacial score (nSPS) is 28.5. The van der Waals surface area contributed by atoms with E-state index >= 15 is 0 Å². The molecule has 0 aromatic heterocycles. The van der Waals surface area contributed by atoms with Crippen molar-refractivity contribution in [2.75, 3.05) is 51.0 Å². The van der Waals surface area contributed by atoms with Crippen molar-refractivity contribution in [1.29, 1.82) is 0 Å². The largest absolute Gasteiger partial charge is 0.378 e. The molecule has 120 valence electrons. The van der Waals surface area contributed by atoms with Gasteiger partial charge in [0, 0.05) is 18.8 Å². The molecule has 1 aromatic carbocycles. The minimum absolute atomic E-state index is 0.352. The predicted molar refractivity (Wildman–Crippen MR) is 82.4 cm³/mol. The van der Waals surface area contributed by atoms with Crippen LogP contribution in [0.2, 0.25) is 0 Å². The lowest BCUT2D eigenvalue weighted by Crippen LogP contribution is -2.31. The average molecular weight is 305 g/mol. The van der Waals surface area contributed by atoms with E-state index in [1.54, 1.807) is 0 Å². The Hall–Kier alpha value is -1.14. The van der Waals surface area contributed by atoms with Crippen LogP contribution in [0.3, 0.4) is 0 Å². The van der Waals surface area contributed by atoms with Crippen LogP contribution >= 0.6 is 0 Å². The van der Waals surface area contributed by atoms with Crippen LogP contribution in [0.5, 0.6) is 0 Å². The average Bonchev–Trinajstić information content (AvgIpc) is 3.35. The molecule has 3 saturated heterocycles. The molecule has 1 aromatic rings. The topological polar surface area (TPSA) is 50.1 Å². The molecule has 0 spiro atoms. The van der Waals surface area contributed by atoms with Crippen molar-refractivity contribution >= 4 is 5.69 Å². The first-order chi connectivity index (χ1) is 10.9. The maximum Gasteiger partial charge on any atom is 0.104 e. The van der Waals surface area contributed by atoms with Gasteiger partial charge < -0.3 is 23.8 Å². The summed E-state index contributed by atoms with van der Waals surface area (Å²) in [5, 5.41) is 0. The molecule has 3 heterocycles. The third kappa shape index (κ3) is 4.43. The Morgan fingerprint density at radius 1 is 0.909 bits per heavy atom. The number of hydrogen-bond donors (Lipinski definition) is 0. The second kappa shape index (κ2) is 6.54. The van der Waals surface area contributed by atoms with Crippen LogP contribution in [0.1, 0.15) is 5.56 Å². The minimum Gasteiger partial charge on any atom is -0.378 e. The smallest absolute Gasteiger partial charge is 0.104 e. The van der Waals surface area contributed by atoms with Gasteiger partial charge in [0.2, 0.25) is 0 Å². The molecule has 0 saturated carbocycles. The molecule has 3 unspecified atom stereocenters. The van der Waals surface area contributed by atoms with Gasteiger partial charge in [-0.2, -0.15) is 0 Å². The Balaban J connectivity index is 1.28. The third-order valence-corrected chi connectivity index (χ3v) is 4.20. The van der Waals surface area contributed by atoms with Crippen LogP contribution in [0.25, 0.3) is 0 Å². The van der Waals surface area contributed by atoms with E-state index in [1.807, 2.05) is 0 Å². The summed E-state index contributed by atoms with van der Waals surface area (Å²) in [5.41, 5.74) is 2.56. The Bertz CT molecular complexity index is 466. The summed E-state index contributed by atoms with van der Waals surface area (Å²) in [6.07, 6.45) is 2.10. The highest BCUT2D eigenvalue weighted by atomic mass is 16.6. The lowest BCUT2D eigenvalue weighted by atomic mass is 10.1. The number of rotatable bonds is 10. The molecule has 4 rings (SSSR count). The molecule has 0 radical (unpaired) electrons. The standard InChI is InChI=1S/C17H23NO4/c1-3-14(18(7-15-10-20-15)8-16-11-21-16)4-2-13(1)5-6-19-9-17-12-22-17/h1-4,15-17H,5-12H2. The van der Waals surface area contributed by atoms with Crippen LogP contribution in [-0.4, -0.2) is 64.4 Å². The van der Waals surface area contributed by atoms with Crippen LogP contribution in [0.4, 0.5) is 5.69 Å². The number of anilines is 1. The molecule has 3 atom stereocenters. The van der Waals surface area contributed by atoms with Gasteiger partial charge in [-0.25, -0.2) is 0 Å². The fraction of sp³-hybridized carbons (Fsp3) is 0.647. The molecule has 5 nitrogen and oxygen atoms in total. The number of ether oxygens (including phenoxy) is 4. The van der Waals surface area contributed by atoms with Crippen molar-refractivity contribution in [3.8, 4) is 0 Å². The Labute approximate surface area is 131 Å². The molecule has 0 aliphatic carbocycles. The second-order valence-electron chi connectivity index (χ2n) is 6.26. The molecule has 0 N–H and O–H groups in total. The first-order valence-corrected chi connectivity index (χ1v) is 8.13. The van der Waals surface area contributed by atoms with Crippen molar-refractivity contribution < 1.29 is 18.9 Å². The second-order valence-corrected chi connectivity index (χ2v) is 6.26. The van der Waals surface area contributed by atoms with Gasteiger partial charge >= 0.3 is 0 Å². The van der Waals surface area contributed by atoms with E-state index < -0.39 is 0 Å². The SMILES string of the molecule is c1cc(N(CC2CO2)CC2CO2)ccc1CCOCC1CO1. The highest BCUT2D eigenvalue weighted by Gasteiger charge is 2.30. The van der Waals surface area contributed by atoms with Gasteiger partial charge in [0.15, 0.2) is 0 Å². The summed E-state index contributed by atoms with van der Waals surface area (Å²) in [6.45, 7) is 6.06. The zero-order valence-corrected chi connectivity index (χ0v) is 12.8. The molecular weight excluding hydrogens is 282 g/mol. The van der Waals surface area contributed by atoms with Gasteiger partial charge in [-0.1, -0.05) is 12.1 Å². The van der Waals surface area contributed by atoms with Crippen molar-refractivity contribution in [3.05, 3.63) is 29.8 Å². The summed E-state index contributed by atoms with van der Waals surface area (Å²) in [7, 11) is 0. The first-order valence-electron chi connectivity index (χ1n) is 8.13. The molecule has 22 heavy (non-hydrogen) atoms. The summed E-state index contributed by atoms with van der Waals surface area (Å²) in [4.78, 5) is 2.38. The van der Waals surface area contributed by atoms with Gasteiger partial charge in [0.1, 0.15) is 6.10 Å². The summed E-state index contributed by atoms with van der Waals surface area (Å²) < 4.78 is 21.5. The molecule has 0 bridgehead atoms. The lowest BCUT2D eigenvalue weighted by molar-refractivity contribution is 0.119. The van der Waals surface area contributed by atoms with E-state index in [-0.39, 0.29) is 0 Å². The minimum atomic E-state index is 0.352. The van der Waals surface area contributed by atoms with Crippen LogP contribution in [-0.2, 0) is 25.4 Å². The fourth-order valence-electron chi connectivity index (χ4n) is 2.57. The van der Waals surface area contributed by atoms with E-state index in [0.717, 1.165) is 52.5 Å². The van der Waals surface area contributed by atoms with Gasteiger partial charge in [0.25, 0.3) is 0 Å². The van der Waals surface area contributed by atoms with E-state index in [9.17, 15) is 0 Å². The van der Waals surface area contributed by atoms with Crippen molar-refractivity contribution in [1.82, 2.24) is 0 Å². The van der Waals surface area contributed by atoms with Crippen molar-refractivity contribution in [2.45, 2.75) is 24.7 Å². The van der Waals surface area contributed by atoms with Crippen molar-refractivity contribution in [3.63, 3.8) is 0 Å². The van der Waals surface area contributed by atoms with Gasteiger partial charge in [-0.15, -0.1) is 0 Å². The number of benzene rings is 1. The maximum absolute atomic E-state index is 5.59. The molecule has 3 fully saturated rings. The van der Waals surface area contributed by atoms with Crippen LogP contribution < -0.4 is 4.90 Å². The summed E-state index contributed by atoms with van der Waals surface area (Å²) in [6, 6.07) is 8.79. The maximum atomic E-state index is 5.59. The molecule has 3 aliphatic rings. The summed E-state index contributed by atoms with van der Waals surface area (Å²) in [5.74, 6) is 0. The highest BCUT2D eigenvalue weighted by Crippen LogP contribution is 2.23. The third-order valence-electron chi connectivity index (χ3n) is 4.20. The van der Waals surface area contributed by atoms with Crippen LogP contribution in [0, 0.1) is 0 Å². The highest BCUT2D eigenvalue weighted by molar-refractivity contribution is 5.48. The molecular formula is C17H23NO4. The zero-order valence-electron chi connectivity index (χ0n) is 12.8. The first kappa shape index (κ1) is 14.5. The Morgan fingerprint density at radius 3 is 2.05 bits per heavy atom. The van der Waals surface area contributed by atoms with Gasteiger partial charge in [-0.05, 0) is 24.1 Å². The summed E-state index contributed by atoms with van der Waals surface area (Å²) >= 11 is 0. The van der Waals surface area contributed by atoms with E-state index in [2.05, 4.69) is 29.2 Å². The Kier molecular flexibility index (Phi) is 4.30.